The molecule has 0 saturated heterocycles. The van der Waals surface area contributed by atoms with Crippen LogP contribution in [0, 0.1) is 5.92 Å². The number of nitrogens with zero attached hydrogens (tertiary/aromatic N) is 1. The molecule has 3 heteroatoms. The van der Waals surface area contributed by atoms with E-state index in [2.05, 4.69) is 31.0 Å². The van der Waals surface area contributed by atoms with Gasteiger partial charge in [-0.2, -0.15) is 0 Å². The third-order valence-corrected chi connectivity index (χ3v) is 3.14. The van der Waals surface area contributed by atoms with Crippen molar-refractivity contribution in [2.24, 2.45) is 5.92 Å². The highest BCUT2D eigenvalue weighted by Crippen LogP contribution is 2.16. The fourth-order valence-electron chi connectivity index (χ4n) is 1.93. The van der Waals surface area contributed by atoms with Crippen LogP contribution in [0.3, 0.4) is 0 Å². The third-order valence-electron chi connectivity index (χ3n) is 3.14. The van der Waals surface area contributed by atoms with E-state index in [-0.39, 0.29) is 0 Å². The zero-order chi connectivity index (χ0) is 13.4. The molecule has 1 atom stereocenters. The van der Waals surface area contributed by atoms with Crippen LogP contribution in [0.25, 0.3) is 0 Å². The maximum Gasteiger partial charge on any atom is 0.119 e. The summed E-state index contributed by atoms with van der Waals surface area (Å²) in [5.41, 5.74) is 1.11. The van der Waals surface area contributed by atoms with Gasteiger partial charge in [-0.15, -0.1) is 0 Å². The van der Waals surface area contributed by atoms with Gasteiger partial charge in [0.25, 0.3) is 0 Å². The Kier molecular flexibility index (Phi) is 6.58. The second kappa shape index (κ2) is 7.98. The molecule has 0 heterocycles. The van der Waals surface area contributed by atoms with E-state index in [4.69, 9.17) is 4.74 Å². The second-order valence-electron chi connectivity index (χ2n) is 4.68. The fraction of sp³-hybridized carbons (Fsp3) is 0.600. The van der Waals surface area contributed by atoms with Crippen LogP contribution in [0.4, 0.5) is 5.69 Å². The van der Waals surface area contributed by atoms with E-state index in [9.17, 15) is 0 Å². The third kappa shape index (κ3) is 4.96. The summed E-state index contributed by atoms with van der Waals surface area (Å²) in [6.45, 7) is 10.7. The number of nitrogens with one attached hydrogen (secondary N) is 1. The molecule has 18 heavy (non-hydrogen) atoms. The zero-order valence-corrected chi connectivity index (χ0v) is 12.1. The van der Waals surface area contributed by atoms with Crippen molar-refractivity contribution in [2.75, 3.05) is 38.6 Å². The summed E-state index contributed by atoms with van der Waals surface area (Å²) in [4.78, 5) is 2.43. The van der Waals surface area contributed by atoms with E-state index in [1.807, 2.05) is 31.3 Å². The van der Waals surface area contributed by atoms with Crippen LogP contribution in [0.1, 0.15) is 20.8 Å². The number of hydrogen-bond donors (Lipinski definition) is 1. The van der Waals surface area contributed by atoms with E-state index in [0.717, 1.165) is 37.7 Å². The van der Waals surface area contributed by atoms with Crippen molar-refractivity contribution >= 4 is 5.69 Å². The quantitative estimate of drug-likeness (QED) is 0.767. The van der Waals surface area contributed by atoms with Gasteiger partial charge in [0, 0.05) is 25.2 Å². The van der Waals surface area contributed by atoms with Crippen LogP contribution in [0.2, 0.25) is 0 Å². The van der Waals surface area contributed by atoms with Crippen molar-refractivity contribution in [2.45, 2.75) is 20.8 Å². The molecule has 1 aromatic rings. The van der Waals surface area contributed by atoms with Crippen LogP contribution < -0.4 is 10.1 Å². The van der Waals surface area contributed by atoms with Crippen molar-refractivity contribution in [3.05, 3.63) is 24.3 Å². The van der Waals surface area contributed by atoms with E-state index in [1.165, 1.54) is 0 Å². The normalized spacial score (nSPS) is 12.5. The van der Waals surface area contributed by atoms with Gasteiger partial charge in [-0.3, -0.25) is 0 Å². The summed E-state index contributed by atoms with van der Waals surface area (Å²) in [5, 5.41) is 3.10. The lowest BCUT2D eigenvalue weighted by Gasteiger charge is -2.22. The minimum Gasteiger partial charge on any atom is -0.493 e. The maximum absolute atomic E-state index is 5.80. The Labute approximate surface area is 111 Å². The molecule has 0 fully saturated rings. The molecule has 0 bridgehead atoms. The molecule has 0 saturated carbocycles. The van der Waals surface area contributed by atoms with Gasteiger partial charge in [-0.05, 0) is 37.4 Å². The Balaban J connectivity index is 2.34. The molecule has 0 amide bonds. The predicted octanol–water partition coefficient (Wildman–Crippen LogP) is 3.09. The van der Waals surface area contributed by atoms with E-state index < -0.39 is 0 Å². The molecule has 0 spiro atoms. The Hall–Kier alpha value is -1.22. The summed E-state index contributed by atoms with van der Waals surface area (Å²) in [5.74, 6) is 1.49. The number of ether oxygens (including phenoxy) is 1. The molecule has 0 aliphatic carbocycles. The lowest BCUT2D eigenvalue weighted by Crippen LogP contribution is -2.30. The second-order valence-corrected chi connectivity index (χ2v) is 4.68. The van der Waals surface area contributed by atoms with Gasteiger partial charge < -0.3 is 15.0 Å². The van der Waals surface area contributed by atoms with Gasteiger partial charge in [0.2, 0.25) is 0 Å². The molecular formula is C15H26N2O. The highest BCUT2D eigenvalue weighted by molar-refractivity contribution is 5.45. The Morgan fingerprint density at radius 3 is 2.28 bits per heavy atom. The smallest absolute Gasteiger partial charge is 0.119 e. The largest absolute Gasteiger partial charge is 0.493 e. The van der Waals surface area contributed by atoms with Crippen LogP contribution in [-0.4, -0.2) is 38.2 Å². The topological polar surface area (TPSA) is 24.5 Å². The minimum atomic E-state index is 0.550. The monoisotopic (exact) mass is 250 g/mol. The lowest BCUT2D eigenvalue weighted by atomic mass is 10.2. The summed E-state index contributed by atoms with van der Waals surface area (Å²) in [7, 11) is 1.92. The lowest BCUT2D eigenvalue weighted by molar-refractivity contribution is 0.195. The fourth-order valence-corrected chi connectivity index (χ4v) is 1.93. The van der Waals surface area contributed by atoms with Crippen LogP contribution in [0.5, 0.6) is 5.75 Å². The van der Waals surface area contributed by atoms with Crippen LogP contribution in [-0.2, 0) is 0 Å². The first-order chi connectivity index (χ1) is 8.69. The molecule has 3 nitrogen and oxygen atoms in total. The van der Waals surface area contributed by atoms with Crippen molar-refractivity contribution in [1.29, 1.82) is 0 Å². The Bertz CT molecular complexity index is 320. The number of anilines is 1. The molecule has 1 unspecified atom stereocenters. The highest BCUT2D eigenvalue weighted by atomic mass is 16.5. The standard InChI is InChI=1S/C15H26N2O/c1-5-17(6-2)11-13(3)12-18-15-9-7-14(16-4)8-10-15/h7-10,13,16H,5-6,11-12H2,1-4H3. The molecule has 1 N–H and O–H groups in total. The van der Waals surface area contributed by atoms with Gasteiger partial charge in [-0.1, -0.05) is 20.8 Å². The van der Waals surface area contributed by atoms with Crippen molar-refractivity contribution < 1.29 is 4.74 Å². The van der Waals surface area contributed by atoms with Crippen LogP contribution >= 0.6 is 0 Å². The van der Waals surface area contributed by atoms with Crippen LogP contribution in [0.15, 0.2) is 24.3 Å². The van der Waals surface area contributed by atoms with Gasteiger partial charge in [-0.25, -0.2) is 0 Å². The molecule has 0 aliphatic heterocycles. The van der Waals surface area contributed by atoms with E-state index in [1.54, 1.807) is 0 Å². The number of benzene rings is 1. The van der Waals surface area contributed by atoms with Crippen molar-refractivity contribution in [1.82, 2.24) is 4.90 Å². The first-order valence-electron chi connectivity index (χ1n) is 6.82. The maximum atomic E-state index is 5.80. The van der Waals surface area contributed by atoms with Gasteiger partial charge >= 0.3 is 0 Å². The van der Waals surface area contributed by atoms with Crippen molar-refractivity contribution in [3.8, 4) is 5.75 Å². The SMILES string of the molecule is CCN(CC)CC(C)COc1ccc(NC)cc1. The van der Waals surface area contributed by atoms with Gasteiger partial charge in [0.15, 0.2) is 0 Å². The van der Waals surface area contributed by atoms with Crippen molar-refractivity contribution in [3.63, 3.8) is 0 Å². The number of rotatable bonds is 8. The average Bonchev–Trinajstić information content (AvgIpc) is 2.43. The molecule has 1 aromatic carbocycles. The first kappa shape index (κ1) is 14.8. The Morgan fingerprint density at radius 1 is 1.17 bits per heavy atom. The molecule has 0 aromatic heterocycles. The summed E-state index contributed by atoms with van der Waals surface area (Å²) < 4.78 is 5.80. The molecule has 1 rings (SSSR count). The summed E-state index contributed by atoms with van der Waals surface area (Å²) in [6.07, 6.45) is 0. The summed E-state index contributed by atoms with van der Waals surface area (Å²) >= 11 is 0. The summed E-state index contributed by atoms with van der Waals surface area (Å²) in [6, 6.07) is 8.08. The molecular weight excluding hydrogens is 224 g/mol. The predicted molar refractivity (Wildman–Crippen MR) is 78.4 cm³/mol. The zero-order valence-electron chi connectivity index (χ0n) is 12.1. The molecule has 0 aliphatic rings. The highest BCUT2D eigenvalue weighted by Gasteiger charge is 2.07. The molecule has 102 valence electrons. The van der Waals surface area contributed by atoms with E-state index >= 15 is 0 Å². The first-order valence-corrected chi connectivity index (χ1v) is 6.82. The Morgan fingerprint density at radius 2 is 1.78 bits per heavy atom. The van der Waals surface area contributed by atoms with Gasteiger partial charge in [0.05, 0.1) is 6.61 Å². The number of hydrogen-bond acceptors (Lipinski definition) is 3. The minimum absolute atomic E-state index is 0.550. The van der Waals surface area contributed by atoms with E-state index in [0.29, 0.717) is 5.92 Å². The average molecular weight is 250 g/mol. The molecule has 0 radical (unpaired) electrons. The van der Waals surface area contributed by atoms with Gasteiger partial charge in [0.1, 0.15) is 5.75 Å².